The van der Waals surface area contributed by atoms with Crippen molar-refractivity contribution in [2.45, 2.75) is 13.5 Å². The maximum Gasteiger partial charge on any atom is 0.167 e. The summed E-state index contributed by atoms with van der Waals surface area (Å²) in [5.41, 5.74) is 1.86. The van der Waals surface area contributed by atoms with Crippen molar-refractivity contribution in [3.63, 3.8) is 0 Å². The zero-order valence-electron chi connectivity index (χ0n) is 12.4. The summed E-state index contributed by atoms with van der Waals surface area (Å²) in [6.45, 7) is 3.82. The van der Waals surface area contributed by atoms with E-state index in [1.165, 1.54) is 6.07 Å². The standard InChI is InChI=1S/C17H20FNO2/c1-13-5-3-7-15(11-13)21-17-14(6-4-8-16(17)18)12-19-9-10-20-2/h3-8,11,19H,9-10,12H2,1-2H3. The summed E-state index contributed by atoms with van der Waals surface area (Å²) >= 11 is 0. The molecule has 0 aliphatic heterocycles. The summed E-state index contributed by atoms with van der Waals surface area (Å²) in [5.74, 6) is 0.550. The molecule has 0 bridgehead atoms. The fourth-order valence-corrected chi connectivity index (χ4v) is 2.00. The minimum Gasteiger partial charge on any atom is -0.454 e. The molecule has 0 aliphatic rings. The van der Waals surface area contributed by atoms with Crippen molar-refractivity contribution in [3.05, 3.63) is 59.4 Å². The molecule has 0 amide bonds. The first-order valence-corrected chi connectivity index (χ1v) is 6.92. The van der Waals surface area contributed by atoms with E-state index >= 15 is 0 Å². The Morgan fingerprint density at radius 1 is 1.14 bits per heavy atom. The second kappa shape index (κ2) is 7.76. The number of ether oxygens (including phenoxy) is 2. The highest BCUT2D eigenvalue weighted by molar-refractivity contribution is 5.40. The zero-order chi connectivity index (χ0) is 15.1. The average Bonchev–Trinajstić information content (AvgIpc) is 2.47. The van der Waals surface area contributed by atoms with Crippen molar-refractivity contribution in [2.24, 2.45) is 0 Å². The Hall–Kier alpha value is -1.91. The van der Waals surface area contributed by atoms with Crippen LogP contribution in [0.3, 0.4) is 0 Å². The number of para-hydroxylation sites is 1. The number of halogens is 1. The van der Waals surface area contributed by atoms with Gasteiger partial charge in [-0.2, -0.15) is 0 Å². The Kier molecular flexibility index (Phi) is 5.72. The van der Waals surface area contributed by atoms with Crippen LogP contribution in [-0.4, -0.2) is 20.3 Å². The van der Waals surface area contributed by atoms with E-state index < -0.39 is 0 Å². The van der Waals surface area contributed by atoms with Crippen LogP contribution in [0.1, 0.15) is 11.1 Å². The summed E-state index contributed by atoms with van der Waals surface area (Å²) in [7, 11) is 1.65. The molecule has 0 saturated carbocycles. The Labute approximate surface area is 124 Å². The van der Waals surface area contributed by atoms with Crippen LogP contribution >= 0.6 is 0 Å². The van der Waals surface area contributed by atoms with Gasteiger partial charge in [-0.15, -0.1) is 0 Å². The topological polar surface area (TPSA) is 30.5 Å². The monoisotopic (exact) mass is 289 g/mol. The van der Waals surface area contributed by atoms with E-state index in [-0.39, 0.29) is 11.6 Å². The first-order chi connectivity index (χ1) is 10.2. The minimum atomic E-state index is -0.359. The molecule has 0 unspecified atom stereocenters. The van der Waals surface area contributed by atoms with Gasteiger partial charge in [-0.1, -0.05) is 24.3 Å². The van der Waals surface area contributed by atoms with Gasteiger partial charge in [-0.3, -0.25) is 0 Å². The van der Waals surface area contributed by atoms with Crippen LogP contribution in [0.2, 0.25) is 0 Å². The lowest BCUT2D eigenvalue weighted by molar-refractivity contribution is 0.199. The molecular weight excluding hydrogens is 269 g/mol. The van der Waals surface area contributed by atoms with E-state index in [2.05, 4.69) is 5.32 Å². The third-order valence-electron chi connectivity index (χ3n) is 3.06. The largest absolute Gasteiger partial charge is 0.454 e. The Morgan fingerprint density at radius 3 is 2.71 bits per heavy atom. The van der Waals surface area contributed by atoms with Gasteiger partial charge in [0.05, 0.1) is 6.61 Å². The molecule has 0 aromatic heterocycles. The molecule has 0 aliphatic carbocycles. The zero-order valence-corrected chi connectivity index (χ0v) is 12.4. The van der Waals surface area contributed by atoms with Gasteiger partial charge in [-0.05, 0) is 30.7 Å². The van der Waals surface area contributed by atoms with E-state index in [9.17, 15) is 4.39 Å². The Morgan fingerprint density at radius 2 is 1.95 bits per heavy atom. The van der Waals surface area contributed by atoms with Crippen molar-refractivity contribution in [1.29, 1.82) is 0 Å². The van der Waals surface area contributed by atoms with Crippen LogP contribution in [0, 0.1) is 12.7 Å². The molecule has 21 heavy (non-hydrogen) atoms. The SMILES string of the molecule is COCCNCc1cccc(F)c1Oc1cccc(C)c1. The van der Waals surface area contributed by atoms with Crippen molar-refractivity contribution in [1.82, 2.24) is 5.32 Å². The number of rotatable bonds is 7. The van der Waals surface area contributed by atoms with Gasteiger partial charge in [0.25, 0.3) is 0 Å². The summed E-state index contributed by atoms with van der Waals surface area (Å²) in [6, 6.07) is 12.5. The molecule has 0 atom stereocenters. The molecule has 0 spiro atoms. The molecule has 3 nitrogen and oxygen atoms in total. The third kappa shape index (κ3) is 4.55. The summed E-state index contributed by atoms with van der Waals surface area (Å²) < 4.78 is 24.7. The van der Waals surface area contributed by atoms with E-state index in [1.54, 1.807) is 13.2 Å². The second-order valence-electron chi connectivity index (χ2n) is 4.82. The number of nitrogens with one attached hydrogen (secondary N) is 1. The molecule has 0 radical (unpaired) electrons. The van der Waals surface area contributed by atoms with E-state index in [4.69, 9.17) is 9.47 Å². The van der Waals surface area contributed by atoms with Gasteiger partial charge < -0.3 is 14.8 Å². The van der Waals surface area contributed by atoms with Crippen LogP contribution in [0.5, 0.6) is 11.5 Å². The molecule has 112 valence electrons. The van der Waals surface area contributed by atoms with Gasteiger partial charge in [0.1, 0.15) is 5.75 Å². The second-order valence-corrected chi connectivity index (χ2v) is 4.82. The van der Waals surface area contributed by atoms with Gasteiger partial charge in [0.2, 0.25) is 0 Å². The maximum absolute atomic E-state index is 14.0. The highest BCUT2D eigenvalue weighted by Crippen LogP contribution is 2.28. The Bertz CT molecular complexity index is 587. The van der Waals surface area contributed by atoms with Crippen molar-refractivity contribution >= 4 is 0 Å². The van der Waals surface area contributed by atoms with E-state index in [0.29, 0.717) is 25.4 Å². The predicted octanol–water partition coefficient (Wildman–Crippen LogP) is 3.66. The number of aryl methyl sites for hydroxylation is 1. The molecular formula is C17H20FNO2. The Balaban J connectivity index is 2.13. The number of methoxy groups -OCH3 is 1. The molecule has 4 heteroatoms. The highest BCUT2D eigenvalue weighted by Gasteiger charge is 2.10. The van der Waals surface area contributed by atoms with Crippen molar-refractivity contribution < 1.29 is 13.9 Å². The fraction of sp³-hybridized carbons (Fsp3) is 0.294. The molecule has 2 aromatic rings. The summed E-state index contributed by atoms with van der Waals surface area (Å²) in [6.07, 6.45) is 0. The van der Waals surface area contributed by atoms with Crippen molar-refractivity contribution in [3.8, 4) is 11.5 Å². The minimum absolute atomic E-state index is 0.271. The fourth-order valence-electron chi connectivity index (χ4n) is 2.00. The van der Waals surface area contributed by atoms with Crippen LogP contribution in [0.25, 0.3) is 0 Å². The molecule has 0 heterocycles. The van der Waals surface area contributed by atoms with E-state index in [0.717, 1.165) is 11.1 Å². The van der Waals surface area contributed by atoms with Crippen LogP contribution < -0.4 is 10.1 Å². The first-order valence-electron chi connectivity index (χ1n) is 6.92. The van der Waals surface area contributed by atoms with Crippen LogP contribution in [0.4, 0.5) is 4.39 Å². The summed E-state index contributed by atoms with van der Waals surface area (Å²) in [4.78, 5) is 0. The molecule has 2 aromatic carbocycles. The normalized spacial score (nSPS) is 10.6. The van der Waals surface area contributed by atoms with Crippen LogP contribution in [0.15, 0.2) is 42.5 Å². The first kappa shape index (κ1) is 15.5. The van der Waals surface area contributed by atoms with Crippen molar-refractivity contribution in [2.75, 3.05) is 20.3 Å². The maximum atomic E-state index is 14.0. The predicted molar refractivity (Wildman–Crippen MR) is 81.2 cm³/mol. The third-order valence-corrected chi connectivity index (χ3v) is 3.06. The molecule has 2 rings (SSSR count). The lowest BCUT2D eigenvalue weighted by Gasteiger charge is -2.13. The number of benzene rings is 2. The lowest BCUT2D eigenvalue weighted by Crippen LogP contribution is -2.19. The van der Waals surface area contributed by atoms with Gasteiger partial charge in [-0.25, -0.2) is 4.39 Å². The summed E-state index contributed by atoms with van der Waals surface area (Å²) in [5, 5.41) is 3.20. The van der Waals surface area contributed by atoms with Crippen LogP contribution in [-0.2, 0) is 11.3 Å². The highest BCUT2D eigenvalue weighted by atomic mass is 19.1. The smallest absolute Gasteiger partial charge is 0.167 e. The lowest BCUT2D eigenvalue weighted by atomic mass is 10.2. The van der Waals surface area contributed by atoms with Gasteiger partial charge in [0, 0.05) is 25.8 Å². The molecule has 0 saturated heterocycles. The molecule has 0 fully saturated rings. The average molecular weight is 289 g/mol. The van der Waals surface area contributed by atoms with Gasteiger partial charge in [0.15, 0.2) is 11.6 Å². The molecule has 1 N–H and O–H groups in total. The number of hydrogen-bond acceptors (Lipinski definition) is 3. The number of hydrogen-bond donors (Lipinski definition) is 1. The van der Waals surface area contributed by atoms with E-state index in [1.807, 2.05) is 37.3 Å². The quantitative estimate of drug-likeness (QED) is 0.789. The van der Waals surface area contributed by atoms with Gasteiger partial charge >= 0.3 is 0 Å².